The largest absolute Gasteiger partial charge is 0.508 e. The monoisotopic (exact) mass is 1650 g/mol. The van der Waals surface area contributed by atoms with Crippen molar-refractivity contribution in [3.63, 3.8) is 0 Å². The third kappa shape index (κ3) is 36.5. The van der Waals surface area contributed by atoms with Gasteiger partial charge in [-0.15, -0.1) is 0 Å². The second-order valence-electron chi connectivity index (χ2n) is 28.8. The third-order valence-corrected chi connectivity index (χ3v) is 19.1. The molecule has 2 aromatic carbocycles. The molecule has 650 valence electrons. The third-order valence-electron chi connectivity index (χ3n) is 19.1. The minimum Gasteiger partial charge on any atom is -0.508 e. The molecule has 16 amide bonds. The molecule has 0 spiro atoms. The number of nitrogens with two attached hydrogens (primary N) is 4. The van der Waals surface area contributed by atoms with Crippen LogP contribution in [0.2, 0.25) is 0 Å². The van der Waals surface area contributed by atoms with E-state index >= 15 is 0 Å². The number of hydrogen-bond acceptors (Lipinski definition) is 23. The van der Waals surface area contributed by atoms with Gasteiger partial charge in [-0.3, -0.25) is 86.3 Å². The lowest BCUT2D eigenvalue weighted by Crippen LogP contribution is -2.62. The van der Waals surface area contributed by atoms with Crippen molar-refractivity contribution in [3.8, 4) is 5.75 Å². The van der Waals surface area contributed by atoms with Gasteiger partial charge in [-0.2, -0.15) is 0 Å². The molecule has 0 aromatic heterocycles. The minimum absolute atomic E-state index is 0.0168. The van der Waals surface area contributed by atoms with E-state index in [1.165, 1.54) is 59.0 Å². The quantitative estimate of drug-likeness (QED) is 0.0274. The van der Waals surface area contributed by atoms with Crippen molar-refractivity contribution in [3.05, 3.63) is 65.7 Å². The van der Waals surface area contributed by atoms with E-state index < -0.39 is 249 Å². The number of nitrogens with one attached hydrogen (secondary N) is 14. The zero-order valence-electron chi connectivity index (χ0n) is 67.1. The van der Waals surface area contributed by atoms with Gasteiger partial charge in [0.2, 0.25) is 94.5 Å². The smallest absolute Gasteiger partial charge is 0.303 e. The summed E-state index contributed by atoms with van der Waals surface area (Å²) in [5.74, 6) is -19.6. The van der Waals surface area contributed by atoms with Crippen molar-refractivity contribution in [2.24, 2.45) is 34.8 Å². The number of phenolic OH excluding ortho intramolecular Hbond substituents is 1. The second-order valence-corrected chi connectivity index (χ2v) is 28.8. The normalized spacial score (nSPS) is 15.4. The van der Waals surface area contributed by atoms with E-state index in [2.05, 4.69) is 74.4 Å². The summed E-state index contributed by atoms with van der Waals surface area (Å²) in [7, 11) is 1.34. The lowest BCUT2D eigenvalue weighted by atomic mass is 9.96. The van der Waals surface area contributed by atoms with Gasteiger partial charge in [0.25, 0.3) is 0 Å². The fourth-order valence-electron chi connectivity index (χ4n) is 12.4. The van der Waals surface area contributed by atoms with Gasteiger partial charge in [0, 0.05) is 46.2 Å². The second kappa shape index (κ2) is 52.9. The molecule has 13 atom stereocenters. The number of carbonyl (C=O) groups is 18. The number of aliphatic hydroxyl groups is 1. The SMILES string of the molecule is CC[C@H](C)[C@H](NC(=O)[C@H](CC(N)=O)NC(=O)[C@@H](NC(=O)[C@H](Cc1ccc(O)cc1)NC(=O)[C@H](CCC(=O)O)NC(=O)CNC(=O)[C@@H]1CCCN1C(=O)[C@H](CO)NC(=O)[C@H](CCCCN)NC(=O)[C@H](CCCCN)NC(=O)[C@H](CCCCN)NC(C)=O)C(C)C)C(=O)N[C@@H](CCC(=O)O)C(=O)N[C@@H](Cc1ccccc1)C(=O)NCC(=O)NC. The Balaban J connectivity index is 1.87. The lowest BCUT2D eigenvalue weighted by molar-refractivity contribution is -0.143. The average molecular weight is 1650 g/mol. The number of aromatic hydroxyl groups is 1. The van der Waals surface area contributed by atoms with Crippen molar-refractivity contribution in [2.75, 3.05) is 52.9 Å². The van der Waals surface area contributed by atoms with Crippen molar-refractivity contribution in [1.29, 1.82) is 0 Å². The van der Waals surface area contributed by atoms with Crippen LogP contribution in [-0.4, -0.2) is 257 Å². The molecule has 0 radical (unpaired) electrons. The van der Waals surface area contributed by atoms with E-state index in [1.54, 1.807) is 37.3 Å². The van der Waals surface area contributed by atoms with Gasteiger partial charge in [0.05, 0.1) is 26.1 Å². The number of hydrogen-bond donors (Lipinski definition) is 22. The summed E-state index contributed by atoms with van der Waals surface area (Å²) in [4.78, 5) is 245. The first-order valence-corrected chi connectivity index (χ1v) is 39.1. The van der Waals surface area contributed by atoms with Crippen LogP contribution in [0.5, 0.6) is 5.75 Å². The van der Waals surface area contributed by atoms with Crippen molar-refractivity contribution in [1.82, 2.24) is 79.3 Å². The van der Waals surface area contributed by atoms with Crippen molar-refractivity contribution in [2.45, 2.75) is 229 Å². The molecule has 41 heteroatoms. The highest BCUT2D eigenvalue weighted by Crippen LogP contribution is 2.21. The highest BCUT2D eigenvalue weighted by Gasteiger charge is 2.41. The highest BCUT2D eigenvalue weighted by atomic mass is 16.4. The summed E-state index contributed by atoms with van der Waals surface area (Å²) in [5.41, 5.74) is 23.6. The molecule has 1 fully saturated rings. The van der Waals surface area contributed by atoms with Gasteiger partial charge < -0.3 is 123 Å². The maximum absolute atomic E-state index is 14.6. The van der Waals surface area contributed by atoms with Crippen LogP contribution >= 0.6 is 0 Å². The Labute approximate surface area is 678 Å². The number of phenols is 1. The summed E-state index contributed by atoms with van der Waals surface area (Å²) < 4.78 is 0. The number of nitrogens with zero attached hydrogens (tertiary/aromatic N) is 1. The zero-order chi connectivity index (χ0) is 87.4. The van der Waals surface area contributed by atoms with Crippen molar-refractivity contribution < 1.29 is 107 Å². The van der Waals surface area contributed by atoms with E-state index in [4.69, 9.17) is 22.9 Å². The Bertz CT molecular complexity index is 3690. The molecular weight excluding hydrogens is 1530 g/mol. The number of rotatable bonds is 55. The molecule has 26 N–H and O–H groups in total. The Morgan fingerprint density at radius 3 is 1.34 bits per heavy atom. The minimum atomic E-state index is -1.89. The molecule has 1 aliphatic rings. The number of aliphatic hydroxyl groups excluding tert-OH is 1. The summed E-state index contributed by atoms with van der Waals surface area (Å²) in [6, 6.07) is -4.59. The van der Waals surface area contributed by atoms with Crippen LogP contribution in [0.25, 0.3) is 0 Å². The number of primary amides is 1. The molecule has 0 bridgehead atoms. The van der Waals surface area contributed by atoms with Crippen molar-refractivity contribution >= 4 is 106 Å². The van der Waals surface area contributed by atoms with Crippen LogP contribution in [0.4, 0.5) is 0 Å². The lowest BCUT2D eigenvalue weighted by Gasteiger charge is -2.30. The van der Waals surface area contributed by atoms with Crippen LogP contribution in [0.3, 0.4) is 0 Å². The first-order chi connectivity index (χ1) is 55.5. The van der Waals surface area contributed by atoms with E-state index in [0.29, 0.717) is 56.2 Å². The molecule has 117 heavy (non-hydrogen) atoms. The number of aliphatic carboxylic acids is 2. The fourth-order valence-corrected chi connectivity index (χ4v) is 12.4. The van der Waals surface area contributed by atoms with Crippen LogP contribution in [0.15, 0.2) is 54.6 Å². The van der Waals surface area contributed by atoms with E-state index in [0.717, 1.165) is 4.90 Å². The number of amides is 16. The number of carboxylic acids is 2. The molecule has 1 saturated heterocycles. The number of likely N-dealkylation sites (N-methyl/N-ethyl adjacent to an activating group) is 1. The van der Waals surface area contributed by atoms with Gasteiger partial charge >= 0.3 is 11.9 Å². The first-order valence-electron chi connectivity index (χ1n) is 39.1. The number of likely N-dealkylation sites (tertiary alicyclic amines) is 1. The van der Waals surface area contributed by atoms with E-state index in [-0.39, 0.29) is 70.3 Å². The standard InChI is InChI=1S/C76H119N19O22/c1-7-43(4)64(75(116)88-52(29-31-62(104)105)70(111)89-53(36-45-18-9-8-10-19-45)65(106)82-39-59(100)81-6)94-72(113)55(38-58(80)99)91-74(115)63(42(2)3)93-71(112)54(37-46-24-26-47(98)27-25-46)90-69(110)51(28-30-61(102)103)85-60(101)40-83-73(114)57-23-17-35-95(57)76(117)56(41-96)92-68(109)50(22-13-16-34-79)87-67(108)49(21-12-15-33-78)86-66(107)48(84-44(5)97)20-11-14-32-77/h8-10,18-19,24-27,42-43,48-57,63-64,96,98H,7,11-17,20-23,28-41,77-79H2,1-6H3,(H2,80,99)(H,81,100)(H,82,106)(H,83,114)(H,84,97)(H,85,101)(H,86,107)(H,87,108)(H,88,116)(H,89,111)(H,90,110)(H,91,115)(H,92,109)(H,93,112)(H,94,113)(H,102,103)(H,104,105)/t43-,48-,49-,50-,51-,52-,53-,54-,55-,56-,57-,63-,64-/m0/s1. The summed E-state index contributed by atoms with van der Waals surface area (Å²) >= 11 is 0. The summed E-state index contributed by atoms with van der Waals surface area (Å²) in [6.07, 6.45) is -0.748. The predicted molar refractivity (Wildman–Crippen MR) is 421 cm³/mol. The number of carbonyl (C=O) groups excluding carboxylic acids is 16. The topological polar surface area (TPSA) is 664 Å². The van der Waals surface area contributed by atoms with Gasteiger partial charge in [-0.1, -0.05) is 76.6 Å². The number of benzene rings is 2. The van der Waals surface area contributed by atoms with Crippen LogP contribution in [0, 0.1) is 11.8 Å². The maximum Gasteiger partial charge on any atom is 0.303 e. The van der Waals surface area contributed by atoms with Crippen LogP contribution < -0.4 is 97.4 Å². The average Bonchev–Trinajstić information content (AvgIpc) is 1.82. The molecule has 3 rings (SSSR count). The van der Waals surface area contributed by atoms with E-state index in [9.17, 15) is 107 Å². The van der Waals surface area contributed by atoms with Gasteiger partial charge in [0.15, 0.2) is 0 Å². The zero-order valence-corrected chi connectivity index (χ0v) is 67.1. The van der Waals surface area contributed by atoms with E-state index in [1.807, 2.05) is 0 Å². The van der Waals surface area contributed by atoms with Gasteiger partial charge in [-0.25, -0.2) is 0 Å². The fraction of sp³-hybridized carbons (Fsp3) is 0.605. The molecule has 1 aliphatic heterocycles. The Morgan fingerprint density at radius 2 is 0.880 bits per heavy atom. The summed E-state index contributed by atoms with van der Waals surface area (Å²) in [5, 5.41) is 74.8. The molecular formula is C76H119N19O22. The summed E-state index contributed by atoms with van der Waals surface area (Å²) in [6.45, 7) is 5.71. The Morgan fingerprint density at radius 1 is 0.470 bits per heavy atom. The maximum atomic E-state index is 14.6. The van der Waals surface area contributed by atoms with Gasteiger partial charge in [-0.05, 0) is 138 Å². The molecule has 2 aromatic rings. The first kappa shape index (κ1) is 99.7. The number of carboxylic acid groups (broad SMARTS) is 2. The van der Waals surface area contributed by atoms with Crippen LogP contribution in [-0.2, 0) is 99.1 Å². The molecule has 1 heterocycles. The highest BCUT2D eigenvalue weighted by molar-refractivity contribution is 6.01. The molecule has 0 unspecified atom stereocenters. The molecule has 0 aliphatic carbocycles. The molecule has 41 nitrogen and oxygen atoms in total. The Hall–Kier alpha value is -11.5. The predicted octanol–water partition coefficient (Wildman–Crippen LogP) is -5.81. The Kier molecular flexibility index (Phi) is 45.1. The number of unbranched alkanes of at least 4 members (excludes halogenated alkanes) is 3. The van der Waals surface area contributed by atoms with Gasteiger partial charge in [0.1, 0.15) is 78.3 Å². The van der Waals surface area contributed by atoms with Crippen LogP contribution in [0.1, 0.15) is 155 Å². The molecule has 0 saturated carbocycles.